The summed E-state index contributed by atoms with van der Waals surface area (Å²) in [5, 5.41) is 12.2. The van der Waals surface area contributed by atoms with Gasteiger partial charge in [-0.25, -0.2) is 4.79 Å². The van der Waals surface area contributed by atoms with E-state index in [2.05, 4.69) is 16.2 Å². The van der Waals surface area contributed by atoms with E-state index in [4.69, 9.17) is 28.3 Å². The van der Waals surface area contributed by atoms with Crippen LogP contribution in [0.1, 0.15) is 34.6 Å². The molecule has 2 aromatic carbocycles. The number of hydrazine groups is 1. The summed E-state index contributed by atoms with van der Waals surface area (Å²) in [5.41, 5.74) is 5.79. The van der Waals surface area contributed by atoms with E-state index in [1.165, 1.54) is 30.3 Å². The number of benzene rings is 2. The quantitative estimate of drug-likeness (QED) is 0.509. The first-order chi connectivity index (χ1) is 13.2. The van der Waals surface area contributed by atoms with Crippen molar-refractivity contribution in [1.82, 2.24) is 10.7 Å². The van der Waals surface area contributed by atoms with Crippen LogP contribution in [0.15, 0.2) is 42.5 Å². The number of carboxylic acid groups (broad SMARTS) is 1. The second kappa shape index (κ2) is 9.43. The van der Waals surface area contributed by atoms with Gasteiger partial charge in [-0.2, -0.15) is 0 Å². The van der Waals surface area contributed by atoms with Gasteiger partial charge in [-0.1, -0.05) is 43.1 Å². The van der Waals surface area contributed by atoms with Crippen LogP contribution >= 0.6 is 23.2 Å². The summed E-state index contributed by atoms with van der Waals surface area (Å²) in [6, 6.07) is 9.55. The molecule has 0 aromatic heterocycles. The molecule has 0 saturated carbocycles. The molecule has 0 fully saturated rings. The summed E-state index contributed by atoms with van der Waals surface area (Å²) >= 11 is 11.9. The molecule has 2 amide bonds. The summed E-state index contributed by atoms with van der Waals surface area (Å²) in [7, 11) is 0. The SMILES string of the molecule is CC(C)C(NC(=O)c1ccc(Cl)cc1Cl)C(=O)NNc1cccc(C(=O)O)c1. The average molecular weight is 424 g/mol. The van der Waals surface area contributed by atoms with Gasteiger partial charge in [0, 0.05) is 5.02 Å². The Morgan fingerprint density at radius 3 is 2.36 bits per heavy atom. The van der Waals surface area contributed by atoms with E-state index in [0.29, 0.717) is 10.7 Å². The largest absolute Gasteiger partial charge is 0.478 e. The number of nitrogens with one attached hydrogen (secondary N) is 3. The molecule has 148 valence electrons. The number of hydrogen-bond acceptors (Lipinski definition) is 4. The Labute approximate surface area is 172 Å². The first-order valence-corrected chi connectivity index (χ1v) is 9.09. The minimum Gasteiger partial charge on any atom is -0.478 e. The molecule has 0 radical (unpaired) electrons. The van der Waals surface area contributed by atoms with E-state index >= 15 is 0 Å². The van der Waals surface area contributed by atoms with E-state index in [9.17, 15) is 14.4 Å². The topological polar surface area (TPSA) is 108 Å². The highest BCUT2D eigenvalue weighted by Gasteiger charge is 2.25. The van der Waals surface area contributed by atoms with Gasteiger partial charge in [0.25, 0.3) is 11.8 Å². The molecule has 1 atom stereocenters. The fourth-order valence-electron chi connectivity index (χ4n) is 2.37. The summed E-state index contributed by atoms with van der Waals surface area (Å²) in [6.07, 6.45) is 0. The number of rotatable bonds is 7. The van der Waals surface area contributed by atoms with Gasteiger partial charge < -0.3 is 10.4 Å². The fraction of sp³-hybridized carbons (Fsp3) is 0.211. The van der Waals surface area contributed by atoms with Crippen LogP contribution in [-0.4, -0.2) is 28.9 Å². The molecule has 2 aromatic rings. The number of carbonyl (C=O) groups excluding carboxylic acids is 2. The highest BCUT2D eigenvalue weighted by molar-refractivity contribution is 6.36. The Hall–Kier alpha value is -2.77. The summed E-state index contributed by atoms with van der Waals surface area (Å²) in [6.45, 7) is 3.55. The number of hydrogen-bond donors (Lipinski definition) is 4. The molecule has 1 unspecified atom stereocenters. The Morgan fingerprint density at radius 2 is 1.75 bits per heavy atom. The van der Waals surface area contributed by atoms with Crippen molar-refractivity contribution in [2.45, 2.75) is 19.9 Å². The van der Waals surface area contributed by atoms with Crippen molar-refractivity contribution in [3.8, 4) is 0 Å². The molecule has 4 N–H and O–H groups in total. The fourth-order valence-corrected chi connectivity index (χ4v) is 2.86. The van der Waals surface area contributed by atoms with E-state index < -0.39 is 23.8 Å². The number of anilines is 1. The summed E-state index contributed by atoms with van der Waals surface area (Å²) in [5.74, 6) is -2.30. The molecule has 0 heterocycles. The Kier molecular flexibility index (Phi) is 7.25. The molecule has 0 aliphatic carbocycles. The molecule has 2 rings (SSSR count). The lowest BCUT2D eigenvalue weighted by Gasteiger charge is -2.22. The predicted octanol–water partition coefficient (Wildman–Crippen LogP) is 3.59. The average Bonchev–Trinajstić information content (AvgIpc) is 2.63. The van der Waals surface area contributed by atoms with Crippen LogP contribution in [0.5, 0.6) is 0 Å². The van der Waals surface area contributed by atoms with Crippen LogP contribution in [0.4, 0.5) is 5.69 Å². The van der Waals surface area contributed by atoms with E-state index in [1.54, 1.807) is 26.0 Å². The van der Waals surface area contributed by atoms with Crippen molar-refractivity contribution in [1.29, 1.82) is 0 Å². The van der Waals surface area contributed by atoms with Gasteiger partial charge in [-0.05, 0) is 42.3 Å². The maximum atomic E-state index is 12.5. The first-order valence-electron chi connectivity index (χ1n) is 8.34. The van der Waals surface area contributed by atoms with Gasteiger partial charge in [0.05, 0.1) is 21.8 Å². The first kappa shape index (κ1) is 21.5. The Morgan fingerprint density at radius 1 is 1.04 bits per heavy atom. The number of amides is 2. The van der Waals surface area contributed by atoms with Gasteiger partial charge in [0.1, 0.15) is 6.04 Å². The predicted molar refractivity (Wildman–Crippen MR) is 108 cm³/mol. The van der Waals surface area contributed by atoms with Crippen LogP contribution in [0.2, 0.25) is 10.0 Å². The van der Waals surface area contributed by atoms with E-state index in [-0.39, 0.29) is 22.1 Å². The minimum atomic E-state index is -1.08. The van der Waals surface area contributed by atoms with Crippen molar-refractivity contribution in [3.63, 3.8) is 0 Å². The van der Waals surface area contributed by atoms with E-state index in [0.717, 1.165) is 0 Å². The third-order valence-electron chi connectivity index (χ3n) is 3.85. The highest BCUT2D eigenvalue weighted by atomic mass is 35.5. The minimum absolute atomic E-state index is 0.0744. The number of carboxylic acids is 1. The normalized spacial score (nSPS) is 11.6. The number of aromatic carboxylic acids is 1. The zero-order valence-corrected chi connectivity index (χ0v) is 16.6. The van der Waals surface area contributed by atoms with Crippen LogP contribution in [0.3, 0.4) is 0 Å². The van der Waals surface area contributed by atoms with Crippen molar-refractivity contribution in [2.75, 3.05) is 5.43 Å². The lowest BCUT2D eigenvalue weighted by atomic mass is 10.0. The van der Waals surface area contributed by atoms with Crippen molar-refractivity contribution >= 4 is 46.7 Å². The van der Waals surface area contributed by atoms with Gasteiger partial charge in [-0.15, -0.1) is 0 Å². The number of carbonyl (C=O) groups is 3. The Balaban J connectivity index is 2.06. The van der Waals surface area contributed by atoms with Gasteiger partial charge >= 0.3 is 5.97 Å². The van der Waals surface area contributed by atoms with Crippen LogP contribution in [0.25, 0.3) is 0 Å². The van der Waals surface area contributed by atoms with Crippen molar-refractivity contribution in [2.24, 2.45) is 5.92 Å². The molecule has 0 bridgehead atoms. The molecule has 0 saturated heterocycles. The van der Waals surface area contributed by atoms with Crippen molar-refractivity contribution < 1.29 is 19.5 Å². The molecule has 7 nitrogen and oxygen atoms in total. The molecule has 0 spiro atoms. The monoisotopic (exact) mass is 423 g/mol. The third kappa shape index (κ3) is 5.61. The smallest absolute Gasteiger partial charge is 0.335 e. The van der Waals surface area contributed by atoms with E-state index in [1.807, 2.05) is 0 Å². The molecule has 0 aliphatic heterocycles. The summed E-state index contributed by atoms with van der Waals surface area (Å²) in [4.78, 5) is 36.0. The molecular formula is C19H19Cl2N3O4. The lowest BCUT2D eigenvalue weighted by Crippen LogP contribution is -2.51. The zero-order chi connectivity index (χ0) is 20.8. The van der Waals surface area contributed by atoms with Gasteiger partial charge in [-0.3, -0.25) is 20.4 Å². The Bertz CT molecular complexity index is 902. The van der Waals surface area contributed by atoms with Gasteiger partial charge in [0.2, 0.25) is 0 Å². The molecule has 28 heavy (non-hydrogen) atoms. The standard InChI is InChI=1S/C19H19Cl2N3O4/c1-10(2)16(22-17(25)14-7-6-12(20)9-15(14)21)18(26)24-23-13-5-3-4-11(8-13)19(27)28/h3-10,16,23H,1-2H3,(H,22,25)(H,24,26)(H,27,28). The van der Waals surface area contributed by atoms with Crippen LogP contribution in [0, 0.1) is 5.92 Å². The maximum Gasteiger partial charge on any atom is 0.335 e. The zero-order valence-electron chi connectivity index (χ0n) is 15.1. The second-order valence-electron chi connectivity index (χ2n) is 6.32. The van der Waals surface area contributed by atoms with Crippen LogP contribution < -0.4 is 16.2 Å². The maximum absolute atomic E-state index is 12.5. The lowest BCUT2D eigenvalue weighted by molar-refractivity contribution is -0.123. The van der Waals surface area contributed by atoms with Crippen molar-refractivity contribution in [3.05, 3.63) is 63.6 Å². The molecular weight excluding hydrogens is 405 g/mol. The summed E-state index contributed by atoms with van der Waals surface area (Å²) < 4.78 is 0. The third-order valence-corrected chi connectivity index (χ3v) is 4.40. The molecule has 9 heteroatoms. The highest BCUT2D eigenvalue weighted by Crippen LogP contribution is 2.21. The molecule has 0 aliphatic rings. The van der Waals surface area contributed by atoms with Gasteiger partial charge in [0.15, 0.2) is 0 Å². The van der Waals surface area contributed by atoms with Crippen LogP contribution in [-0.2, 0) is 4.79 Å². The number of halogens is 2. The second-order valence-corrected chi connectivity index (χ2v) is 7.16.